The van der Waals surface area contributed by atoms with Crippen molar-refractivity contribution in [1.29, 1.82) is 0 Å². The van der Waals surface area contributed by atoms with E-state index < -0.39 is 0 Å². The Kier molecular flexibility index (Phi) is 4.62. The summed E-state index contributed by atoms with van der Waals surface area (Å²) in [4.78, 5) is 12.5. The van der Waals surface area contributed by atoms with Crippen LogP contribution in [0.3, 0.4) is 0 Å². The molecule has 4 heteroatoms. The van der Waals surface area contributed by atoms with Gasteiger partial charge in [0.15, 0.2) is 0 Å². The van der Waals surface area contributed by atoms with E-state index in [4.69, 9.17) is 0 Å². The van der Waals surface area contributed by atoms with Crippen molar-refractivity contribution >= 4 is 5.91 Å². The summed E-state index contributed by atoms with van der Waals surface area (Å²) in [5.74, 6) is 0.460. The summed E-state index contributed by atoms with van der Waals surface area (Å²) < 4.78 is 0. The van der Waals surface area contributed by atoms with Crippen LogP contribution in [0.2, 0.25) is 0 Å². The molecular formula is C14H26N2O2. The number of hydrogen-bond acceptors (Lipinski definition) is 3. The van der Waals surface area contributed by atoms with E-state index in [0.29, 0.717) is 0 Å². The zero-order valence-corrected chi connectivity index (χ0v) is 11.4. The second-order valence-corrected chi connectivity index (χ2v) is 5.87. The van der Waals surface area contributed by atoms with E-state index in [1.807, 2.05) is 0 Å². The van der Waals surface area contributed by atoms with Crippen LogP contribution in [0.4, 0.5) is 0 Å². The van der Waals surface area contributed by atoms with Gasteiger partial charge in [0, 0.05) is 25.1 Å². The lowest BCUT2D eigenvalue weighted by molar-refractivity contribution is -0.133. The van der Waals surface area contributed by atoms with Crippen LogP contribution >= 0.6 is 0 Å². The van der Waals surface area contributed by atoms with Crippen LogP contribution in [0.25, 0.3) is 0 Å². The van der Waals surface area contributed by atoms with Crippen molar-refractivity contribution < 1.29 is 9.90 Å². The lowest BCUT2D eigenvalue weighted by Crippen LogP contribution is -2.53. The van der Waals surface area contributed by atoms with Gasteiger partial charge in [0.25, 0.3) is 0 Å². The zero-order valence-electron chi connectivity index (χ0n) is 11.4. The fourth-order valence-corrected chi connectivity index (χ4v) is 3.39. The van der Waals surface area contributed by atoms with Crippen molar-refractivity contribution in [2.45, 2.75) is 51.5 Å². The number of aliphatic hydroxyl groups is 1. The first-order valence-electron chi connectivity index (χ1n) is 7.34. The Hall–Kier alpha value is -0.610. The van der Waals surface area contributed by atoms with Crippen molar-refractivity contribution in [3.8, 4) is 0 Å². The number of carbonyl (C=O) groups is 1. The van der Waals surface area contributed by atoms with Gasteiger partial charge < -0.3 is 15.7 Å². The molecule has 2 aliphatic rings. The number of rotatable bonds is 4. The van der Waals surface area contributed by atoms with Crippen LogP contribution < -0.4 is 10.6 Å². The highest BCUT2D eigenvalue weighted by Gasteiger charge is 2.40. The third kappa shape index (κ3) is 2.69. The smallest absolute Gasteiger partial charge is 0.227 e. The van der Waals surface area contributed by atoms with Crippen LogP contribution in [0.5, 0.6) is 0 Å². The Morgan fingerprint density at radius 3 is 2.89 bits per heavy atom. The summed E-state index contributed by atoms with van der Waals surface area (Å²) in [6.07, 6.45) is 6.13. The minimum Gasteiger partial charge on any atom is -0.396 e. The molecule has 1 aliphatic carbocycles. The van der Waals surface area contributed by atoms with E-state index in [-0.39, 0.29) is 29.9 Å². The molecule has 0 aromatic rings. The van der Waals surface area contributed by atoms with E-state index >= 15 is 0 Å². The second-order valence-electron chi connectivity index (χ2n) is 5.87. The molecule has 0 bridgehead atoms. The molecular weight excluding hydrogens is 228 g/mol. The third-order valence-corrected chi connectivity index (χ3v) is 4.84. The molecule has 3 unspecified atom stereocenters. The van der Waals surface area contributed by atoms with Crippen LogP contribution in [0.1, 0.15) is 45.4 Å². The predicted molar refractivity (Wildman–Crippen MR) is 71.2 cm³/mol. The number of amides is 1. The molecule has 3 N–H and O–H groups in total. The molecule has 0 radical (unpaired) electrons. The normalized spacial score (nSPS) is 36.6. The van der Waals surface area contributed by atoms with Gasteiger partial charge in [0.2, 0.25) is 5.91 Å². The molecule has 0 spiro atoms. The predicted octanol–water partition coefficient (Wildman–Crippen LogP) is 1.04. The molecule has 1 saturated carbocycles. The zero-order chi connectivity index (χ0) is 13.0. The molecule has 1 aliphatic heterocycles. The fraction of sp³-hybridized carbons (Fsp3) is 0.929. The van der Waals surface area contributed by atoms with E-state index in [9.17, 15) is 9.90 Å². The van der Waals surface area contributed by atoms with Crippen LogP contribution in [0, 0.1) is 11.3 Å². The van der Waals surface area contributed by atoms with Crippen LogP contribution in [-0.2, 0) is 4.79 Å². The van der Waals surface area contributed by atoms with Gasteiger partial charge in [-0.1, -0.05) is 13.3 Å². The second kappa shape index (κ2) is 6.02. The highest BCUT2D eigenvalue weighted by Crippen LogP contribution is 2.32. The maximum Gasteiger partial charge on any atom is 0.227 e. The number of piperidine rings is 1. The van der Waals surface area contributed by atoms with Gasteiger partial charge in [-0.2, -0.15) is 0 Å². The van der Waals surface area contributed by atoms with Crippen molar-refractivity contribution in [3.05, 3.63) is 0 Å². The first kappa shape index (κ1) is 13.8. The molecule has 1 saturated heterocycles. The Balaban J connectivity index is 1.97. The van der Waals surface area contributed by atoms with Gasteiger partial charge in [-0.15, -0.1) is 0 Å². The molecule has 1 amide bonds. The molecule has 3 atom stereocenters. The number of hydrogen-bond donors (Lipinski definition) is 3. The molecule has 0 aromatic heterocycles. The summed E-state index contributed by atoms with van der Waals surface area (Å²) in [6.45, 7) is 4.12. The monoisotopic (exact) mass is 254 g/mol. The summed E-state index contributed by atoms with van der Waals surface area (Å²) in [5, 5.41) is 15.9. The van der Waals surface area contributed by atoms with Gasteiger partial charge >= 0.3 is 0 Å². The van der Waals surface area contributed by atoms with Gasteiger partial charge in [-0.3, -0.25) is 4.79 Å². The Labute approximate surface area is 110 Å². The minimum absolute atomic E-state index is 0.188. The summed E-state index contributed by atoms with van der Waals surface area (Å²) >= 11 is 0. The van der Waals surface area contributed by atoms with Gasteiger partial charge in [0.1, 0.15) is 0 Å². The van der Waals surface area contributed by atoms with Crippen LogP contribution in [-0.4, -0.2) is 36.8 Å². The fourth-order valence-electron chi connectivity index (χ4n) is 3.39. The highest BCUT2D eigenvalue weighted by atomic mass is 16.3. The van der Waals surface area contributed by atoms with Gasteiger partial charge in [-0.25, -0.2) is 0 Å². The number of carbonyl (C=O) groups excluding carboxylic acids is 1. The molecule has 18 heavy (non-hydrogen) atoms. The Morgan fingerprint density at radius 2 is 2.28 bits per heavy atom. The van der Waals surface area contributed by atoms with E-state index in [2.05, 4.69) is 17.6 Å². The van der Waals surface area contributed by atoms with Crippen molar-refractivity contribution in [3.63, 3.8) is 0 Å². The Morgan fingerprint density at radius 1 is 1.44 bits per heavy atom. The molecule has 4 nitrogen and oxygen atoms in total. The van der Waals surface area contributed by atoms with Crippen LogP contribution in [0.15, 0.2) is 0 Å². The van der Waals surface area contributed by atoms with E-state index in [1.165, 1.54) is 0 Å². The molecule has 2 rings (SSSR count). The van der Waals surface area contributed by atoms with Gasteiger partial charge in [0.05, 0.1) is 5.41 Å². The van der Waals surface area contributed by atoms with Gasteiger partial charge in [-0.05, 0) is 38.6 Å². The maximum atomic E-state index is 12.5. The third-order valence-electron chi connectivity index (χ3n) is 4.84. The largest absolute Gasteiger partial charge is 0.396 e. The molecule has 2 fully saturated rings. The topological polar surface area (TPSA) is 61.4 Å². The molecule has 1 heterocycles. The first-order valence-corrected chi connectivity index (χ1v) is 7.34. The van der Waals surface area contributed by atoms with Crippen molar-refractivity contribution in [2.75, 3.05) is 19.7 Å². The quantitative estimate of drug-likeness (QED) is 0.702. The lowest BCUT2D eigenvalue weighted by Gasteiger charge is -2.37. The molecule has 104 valence electrons. The number of aliphatic hydroxyl groups excluding tert-OH is 1. The number of nitrogens with one attached hydrogen (secondary N) is 2. The Bertz CT molecular complexity index is 288. The highest BCUT2D eigenvalue weighted by molar-refractivity contribution is 5.83. The summed E-state index contributed by atoms with van der Waals surface area (Å²) in [7, 11) is 0. The van der Waals surface area contributed by atoms with Crippen molar-refractivity contribution in [2.24, 2.45) is 11.3 Å². The van der Waals surface area contributed by atoms with E-state index in [0.717, 1.165) is 51.6 Å². The first-order chi connectivity index (χ1) is 8.72. The SMILES string of the molecule is CCC1(C(=O)NC2CCCC2CO)CCCNC1. The maximum absolute atomic E-state index is 12.5. The van der Waals surface area contributed by atoms with Crippen molar-refractivity contribution in [1.82, 2.24) is 10.6 Å². The summed E-state index contributed by atoms with van der Waals surface area (Å²) in [5.41, 5.74) is -0.221. The lowest BCUT2D eigenvalue weighted by atomic mass is 9.77. The standard InChI is InChI=1S/C14H26N2O2/c1-2-14(7-4-8-15-10-14)13(18)16-12-6-3-5-11(12)9-17/h11-12,15,17H,2-10H2,1H3,(H,16,18). The average Bonchev–Trinajstić information content (AvgIpc) is 2.86. The summed E-state index contributed by atoms with van der Waals surface area (Å²) in [6, 6.07) is 0.188. The van der Waals surface area contributed by atoms with E-state index in [1.54, 1.807) is 0 Å². The minimum atomic E-state index is -0.221. The average molecular weight is 254 g/mol. The molecule has 0 aromatic carbocycles.